The van der Waals surface area contributed by atoms with Crippen molar-refractivity contribution in [2.75, 3.05) is 26.3 Å². The van der Waals surface area contributed by atoms with Crippen molar-refractivity contribution >= 4 is 28.7 Å². The monoisotopic (exact) mass is 323 g/mol. The molecule has 1 amide bonds. The van der Waals surface area contributed by atoms with Crippen LogP contribution in [0.25, 0.3) is 0 Å². The van der Waals surface area contributed by atoms with Crippen LogP contribution in [0.3, 0.4) is 0 Å². The van der Waals surface area contributed by atoms with E-state index in [9.17, 15) is 4.79 Å². The molecule has 0 aliphatic carbocycles. The van der Waals surface area contributed by atoms with E-state index in [0.717, 1.165) is 0 Å². The first-order valence-corrected chi connectivity index (χ1v) is 5.59. The van der Waals surface area contributed by atoms with Crippen molar-refractivity contribution in [1.82, 2.24) is 14.6 Å². The van der Waals surface area contributed by atoms with E-state index in [4.69, 9.17) is 9.57 Å². The molecule has 82 valence electrons. The molecule has 7 heteroatoms. The first-order chi connectivity index (χ1) is 7.27. The summed E-state index contributed by atoms with van der Waals surface area (Å²) in [6.07, 6.45) is 2.81. The third-order valence-corrected chi connectivity index (χ3v) is 2.76. The van der Waals surface area contributed by atoms with Crippen LogP contribution >= 0.6 is 22.6 Å². The van der Waals surface area contributed by atoms with Crippen molar-refractivity contribution in [3.8, 4) is 0 Å². The number of carbonyl (C=O) groups is 1. The zero-order valence-corrected chi connectivity index (χ0v) is 10.1. The molecule has 1 aromatic rings. The molecule has 0 radical (unpaired) electrons. The van der Waals surface area contributed by atoms with Crippen LogP contribution in [0.4, 0.5) is 4.79 Å². The molecule has 0 bridgehead atoms. The van der Waals surface area contributed by atoms with Gasteiger partial charge in [-0.2, -0.15) is 4.73 Å². The first-order valence-electron chi connectivity index (χ1n) is 4.51. The van der Waals surface area contributed by atoms with Gasteiger partial charge in [-0.05, 0) is 0 Å². The Morgan fingerprint density at radius 1 is 1.53 bits per heavy atom. The van der Waals surface area contributed by atoms with Gasteiger partial charge in [0.15, 0.2) is 0 Å². The summed E-state index contributed by atoms with van der Waals surface area (Å²) < 4.78 is 7.10. The lowest BCUT2D eigenvalue weighted by atomic mass is 10.5. The van der Waals surface area contributed by atoms with Gasteiger partial charge in [-0.1, -0.05) is 0 Å². The van der Waals surface area contributed by atoms with E-state index in [0.29, 0.717) is 30.1 Å². The summed E-state index contributed by atoms with van der Waals surface area (Å²) in [4.78, 5) is 22.3. The standard InChI is InChI=1S/C8H10IN3O3/c9-7-10-1-2-12(7)15-8(13)11-3-5-14-6-4-11/h1-2H,3-6H2. The summed E-state index contributed by atoms with van der Waals surface area (Å²) in [6.45, 7) is 2.28. The van der Waals surface area contributed by atoms with Gasteiger partial charge in [0, 0.05) is 41.9 Å². The summed E-state index contributed by atoms with van der Waals surface area (Å²) in [5.74, 6) is 0. The second-order valence-corrected chi connectivity index (χ2v) is 3.94. The number of carbonyl (C=O) groups excluding carboxylic acids is 1. The maximum absolute atomic E-state index is 11.6. The molecule has 2 heterocycles. The SMILES string of the molecule is O=C(On1ccnc1I)N1CCOCC1. The van der Waals surface area contributed by atoms with E-state index in [1.807, 2.05) is 22.6 Å². The van der Waals surface area contributed by atoms with Crippen LogP contribution in [0.1, 0.15) is 0 Å². The zero-order chi connectivity index (χ0) is 10.7. The molecule has 15 heavy (non-hydrogen) atoms. The minimum Gasteiger partial charge on any atom is -0.378 e. The number of halogens is 1. The largest absolute Gasteiger partial charge is 0.434 e. The number of imidazole rings is 1. The van der Waals surface area contributed by atoms with E-state index in [1.54, 1.807) is 17.3 Å². The maximum Gasteiger partial charge on any atom is 0.434 e. The molecular weight excluding hydrogens is 313 g/mol. The molecule has 0 atom stereocenters. The highest BCUT2D eigenvalue weighted by atomic mass is 127. The fourth-order valence-corrected chi connectivity index (χ4v) is 1.65. The van der Waals surface area contributed by atoms with Gasteiger partial charge < -0.3 is 14.5 Å². The van der Waals surface area contributed by atoms with Crippen molar-refractivity contribution in [2.24, 2.45) is 0 Å². The number of morpholine rings is 1. The van der Waals surface area contributed by atoms with Gasteiger partial charge in [0.25, 0.3) is 0 Å². The van der Waals surface area contributed by atoms with Crippen molar-refractivity contribution < 1.29 is 14.4 Å². The number of ether oxygens (including phenoxy) is 1. The van der Waals surface area contributed by atoms with Gasteiger partial charge in [-0.25, -0.2) is 9.78 Å². The van der Waals surface area contributed by atoms with Gasteiger partial charge in [-0.15, -0.1) is 0 Å². The van der Waals surface area contributed by atoms with Gasteiger partial charge in [0.1, 0.15) is 0 Å². The topological polar surface area (TPSA) is 56.6 Å². The highest BCUT2D eigenvalue weighted by Crippen LogP contribution is 2.02. The Labute approximate surface area is 100 Å². The fraction of sp³-hybridized carbons (Fsp3) is 0.500. The number of nitrogens with zero attached hydrogens (tertiary/aromatic N) is 3. The Hall–Kier alpha value is -0.830. The molecule has 1 saturated heterocycles. The van der Waals surface area contributed by atoms with Crippen LogP contribution in [0.15, 0.2) is 12.4 Å². The van der Waals surface area contributed by atoms with Crippen LogP contribution in [0.2, 0.25) is 0 Å². The molecule has 1 fully saturated rings. The van der Waals surface area contributed by atoms with Crippen molar-refractivity contribution in [1.29, 1.82) is 0 Å². The number of rotatable bonds is 1. The average Bonchev–Trinajstić information content (AvgIpc) is 2.66. The summed E-state index contributed by atoms with van der Waals surface area (Å²) >= 11 is 1.99. The highest BCUT2D eigenvalue weighted by Gasteiger charge is 2.19. The van der Waals surface area contributed by atoms with Crippen LogP contribution in [0.5, 0.6) is 0 Å². The van der Waals surface area contributed by atoms with E-state index in [-0.39, 0.29) is 6.09 Å². The molecule has 0 unspecified atom stereocenters. The molecule has 1 aliphatic heterocycles. The average molecular weight is 323 g/mol. The van der Waals surface area contributed by atoms with Crippen LogP contribution < -0.4 is 4.84 Å². The predicted molar refractivity (Wildman–Crippen MR) is 59.3 cm³/mol. The quantitative estimate of drug-likeness (QED) is 0.701. The minimum atomic E-state index is -0.366. The molecule has 2 rings (SSSR count). The predicted octanol–water partition coefficient (Wildman–Crippen LogP) is 0.369. The Kier molecular flexibility index (Phi) is 3.41. The van der Waals surface area contributed by atoms with Gasteiger partial charge in [-0.3, -0.25) is 0 Å². The van der Waals surface area contributed by atoms with Gasteiger partial charge in [0.2, 0.25) is 3.83 Å². The van der Waals surface area contributed by atoms with Crippen molar-refractivity contribution in [2.45, 2.75) is 0 Å². The normalized spacial score (nSPS) is 16.5. The summed E-state index contributed by atoms with van der Waals surface area (Å²) in [7, 11) is 0. The Morgan fingerprint density at radius 2 is 2.27 bits per heavy atom. The third-order valence-electron chi connectivity index (χ3n) is 2.01. The lowest BCUT2D eigenvalue weighted by Crippen LogP contribution is -2.44. The van der Waals surface area contributed by atoms with Crippen LogP contribution in [-0.2, 0) is 4.74 Å². The summed E-state index contributed by atoms with van der Waals surface area (Å²) in [5, 5.41) is 0. The first kappa shape index (κ1) is 10.7. The molecular formula is C8H10IN3O3. The lowest BCUT2D eigenvalue weighted by molar-refractivity contribution is 0.0235. The summed E-state index contributed by atoms with van der Waals surface area (Å²) in [6, 6.07) is 0. The highest BCUT2D eigenvalue weighted by molar-refractivity contribution is 14.1. The van der Waals surface area contributed by atoms with Gasteiger partial charge >= 0.3 is 6.09 Å². The van der Waals surface area contributed by atoms with E-state index in [2.05, 4.69) is 4.98 Å². The lowest BCUT2D eigenvalue weighted by Gasteiger charge is -2.25. The molecule has 6 nitrogen and oxygen atoms in total. The zero-order valence-electron chi connectivity index (χ0n) is 7.93. The Bertz CT molecular complexity index is 349. The smallest absolute Gasteiger partial charge is 0.378 e. The number of amides is 1. The van der Waals surface area contributed by atoms with Crippen LogP contribution in [-0.4, -0.2) is 47.0 Å². The molecule has 1 aromatic heterocycles. The molecule has 0 aromatic carbocycles. The Balaban J connectivity index is 1.94. The number of hydrogen-bond acceptors (Lipinski definition) is 4. The van der Waals surface area contributed by atoms with Gasteiger partial charge in [0.05, 0.1) is 19.4 Å². The minimum absolute atomic E-state index is 0.366. The van der Waals surface area contributed by atoms with Crippen molar-refractivity contribution in [3.63, 3.8) is 0 Å². The Morgan fingerprint density at radius 3 is 2.87 bits per heavy atom. The fourth-order valence-electron chi connectivity index (χ4n) is 1.23. The third kappa shape index (κ3) is 2.59. The molecule has 0 spiro atoms. The van der Waals surface area contributed by atoms with E-state index < -0.39 is 0 Å². The van der Waals surface area contributed by atoms with Crippen LogP contribution in [0, 0.1) is 3.83 Å². The van der Waals surface area contributed by atoms with E-state index in [1.165, 1.54) is 4.73 Å². The number of hydrogen-bond donors (Lipinski definition) is 0. The number of aromatic nitrogens is 2. The maximum atomic E-state index is 11.6. The second-order valence-electron chi connectivity index (χ2n) is 2.98. The van der Waals surface area contributed by atoms with E-state index >= 15 is 0 Å². The molecule has 0 N–H and O–H groups in total. The summed E-state index contributed by atoms with van der Waals surface area (Å²) in [5.41, 5.74) is 0. The molecule has 1 aliphatic rings. The van der Waals surface area contributed by atoms with Crippen molar-refractivity contribution in [3.05, 3.63) is 16.2 Å². The second kappa shape index (κ2) is 4.79. The molecule has 0 saturated carbocycles.